The zero-order valence-electron chi connectivity index (χ0n) is 17.5. The molecule has 1 aliphatic heterocycles. The van der Waals surface area contributed by atoms with E-state index in [2.05, 4.69) is 25.2 Å². The molecule has 168 valence electrons. The number of H-pyrrole nitrogens is 1. The van der Waals surface area contributed by atoms with Crippen molar-refractivity contribution in [1.29, 1.82) is 0 Å². The number of aromatic nitrogens is 3. The lowest BCUT2D eigenvalue weighted by Crippen LogP contribution is -2.18. The van der Waals surface area contributed by atoms with Gasteiger partial charge in [-0.05, 0) is 55.3 Å². The van der Waals surface area contributed by atoms with Crippen LogP contribution >= 0.6 is 0 Å². The number of imidazole rings is 1. The Labute approximate surface area is 187 Å². The Hall–Kier alpha value is -3.88. The number of amides is 1. The van der Waals surface area contributed by atoms with Crippen molar-refractivity contribution < 1.29 is 18.0 Å². The van der Waals surface area contributed by atoms with Crippen LogP contribution in [-0.2, 0) is 6.18 Å². The van der Waals surface area contributed by atoms with Crippen molar-refractivity contribution in [3.8, 4) is 11.4 Å². The predicted molar refractivity (Wildman–Crippen MR) is 120 cm³/mol. The Balaban J connectivity index is 1.58. The minimum absolute atomic E-state index is 0.0424. The molecule has 2 aromatic carbocycles. The summed E-state index contributed by atoms with van der Waals surface area (Å²) in [6.07, 6.45) is -0.975. The van der Waals surface area contributed by atoms with Gasteiger partial charge in [0.2, 0.25) is 0 Å². The number of carbonyl (C=O) groups is 1. The average Bonchev–Trinajstić information content (AvgIpc) is 3.48. The van der Waals surface area contributed by atoms with Gasteiger partial charge in [-0.25, -0.2) is 9.97 Å². The van der Waals surface area contributed by atoms with Crippen LogP contribution in [-0.4, -0.2) is 33.9 Å². The van der Waals surface area contributed by atoms with E-state index < -0.39 is 17.6 Å². The molecule has 0 spiro atoms. The third-order valence-electron chi connectivity index (χ3n) is 5.70. The zero-order chi connectivity index (χ0) is 23.0. The van der Waals surface area contributed by atoms with Gasteiger partial charge in [0.15, 0.2) is 0 Å². The summed E-state index contributed by atoms with van der Waals surface area (Å²) in [7, 11) is 0. The van der Waals surface area contributed by atoms with E-state index in [1.165, 1.54) is 12.1 Å². The summed E-state index contributed by atoms with van der Waals surface area (Å²) in [5.74, 6) is -0.0106. The first-order valence-corrected chi connectivity index (χ1v) is 10.6. The van der Waals surface area contributed by atoms with Crippen LogP contribution in [0.5, 0.6) is 0 Å². The van der Waals surface area contributed by atoms with Crippen LogP contribution in [0.2, 0.25) is 0 Å². The van der Waals surface area contributed by atoms with Gasteiger partial charge in [0.05, 0.1) is 16.6 Å². The molecule has 0 radical (unpaired) electrons. The maximum Gasteiger partial charge on any atom is 0.417 e. The normalized spacial score (nSPS) is 14.1. The van der Waals surface area contributed by atoms with E-state index in [9.17, 15) is 18.0 Å². The van der Waals surface area contributed by atoms with Crippen molar-refractivity contribution >= 4 is 28.4 Å². The van der Waals surface area contributed by atoms with Crippen LogP contribution in [0.3, 0.4) is 0 Å². The number of hydrogen-bond donors (Lipinski definition) is 2. The fourth-order valence-corrected chi connectivity index (χ4v) is 4.11. The molecular weight excluding hydrogens is 431 g/mol. The number of nitrogens with one attached hydrogen (secondary N) is 2. The second kappa shape index (κ2) is 8.23. The van der Waals surface area contributed by atoms with Crippen LogP contribution in [0.4, 0.5) is 24.7 Å². The lowest BCUT2D eigenvalue weighted by Gasteiger charge is -2.20. The summed E-state index contributed by atoms with van der Waals surface area (Å²) in [5.41, 5.74) is 0.913. The fraction of sp³-hybridized carbons (Fsp3) is 0.208. The second-order valence-electron chi connectivity index (χ2n) is 7.88. The summed E-state index contributed by atoms with van der Waals surface area (Å²) >= 11 is 0. The van der Waals surface area contributed by atoms with Gasteiger partial charge in [-0.3, -0.25) is 4.79 Å². The van der Waals surface area contributed by atoms with Gasteiger partial charge >= 0.3 is 6.18 Å². The highest BCUT2D eigenvalue weighted by Gasteiger charge is 2.35. The quantitative estimate of drug-likeness (QED) is 0.430. The number of hydrogen-bond acceptors (Lipinski definition) is 4. The van der Waals surface area contributed by atoms with E-state index in [1.54, 1.807) is 42.6 Å². The molecule has 9 heteroatoms. The van der Waals surface area contributed by atoms with Crippen molar-refractivity contribution in [2.45, 2.75) is 19.0 Å². The topological polar surface area (TPSA) is 73.9 Å². The molecule has 1 fully saturated rings. The molecule has 6 nitrogen and oxygen atoms in total. The molecule has 0 atom stereocenters. The van der Waals surface area contributed by atoms with Crippen molar-refractivity contribution in [2.75, 3.05) is 23.3 Å². The van der Waals surface area contributed by atoms with Crippen LogP contribution in [0.1, 0.15) is 28.8 Å². The van der Waals surface area contributed by atoms with Crippen molar-refractivity contribution in [3.05, 3.63) is 71.9 Å². The Morgan fingerprint density at radius 2 is 1.85 bits per heavy atom. The summed E-state index contributed by atoms with van der Waals surface area (Å²) in [4.78, 5) is 26.4. The molecule has 0 bridgehead atoms. The van der Waals surface area contributed by atoms with Crippen LogP contribution < -0.4 is 10.2 Å². The molecule has 1 amide bonds. The number of fused-ring (bicyclic) bond motifs is 1. The highest BCUT2D eigenvalue weighted by atomic mass is 19.4. The number of benzene rings is 2. The van der Waals surface area contributed by atoms with Crippen molar-refractivity contribution in [1.82, 2.24) is 15.0 Å². The number of aromatic amines is 1. The van der Waals surface area contributed by atoms with Gasteiger partial charge in [-0.15, -0.1) is 0 Å². The maximum absolute atomic E-state index is 13.8. The lowest BCUT2D eigenvalue weighted by atomic mass is 10.0. The van der Waals surface area contributed by atoms with Gasteiger partial charge < -0.3 is 15.2 Å². The molecule has 0 unspecified atom stereocenters. The van der Waals surface area contributed by atoms with Gasteiger partial charge in [-0.2, -0.15) is 13.2 Å². The van der Waals surface area contributed by atoms with E-state index in [0.717, 1.165) is 37.7 Å². The molecule has 2 aromatic heterocycles. The summed E-state index contributed by atoms with van der Waals surface area (Å²) < 4.78 is 41.5. The molecule has 5 rings (SSSR count). The van der Waals surface area contributed by atoms with Crippen molar-refractivity contribution in [2.24, 2.45) is 0 Å². The summed E-state index contributed by atoms with van der Waals surface area (Å²) in [6.45, 7) is 1.62. The molecular formula is C24H20F3N5O. The van der Waals surface area contributed by atoms with Gasteiger partial charge in [0.1, 0.15) is 17.2 Å². The molecule has 2 N–H and O–H groups in total. The van der Waals surface area contributed by atoms with E-state index in [4.69, 9.17) is 0 Å². The first-order chi connectivity index (χ1) is 15.9. The highest BCUT2D eigenvalue weighted by Crippen LogP contribution is 2.39. The smallest absolute Gasteiger partial charge is 0.372 e. The van der Waals surface area contributed by atoms with Crippen LogP contribution in [0.15, 0.2) is 60.8 Å². The highest BCUT2D eigenvalue weighted by molar-refractivity contribution is 6.11. The van der Waals surface area contributed by atoms with E-state index in [0.29, 0.717) is 16.9 Å². The number of halogens is 3. The third kappa shape index (κ3) is 4.13. The van der Waals surface area contributed by atoms with Crippen molar-refractivity contribution in [3.63, 3.8) is 0 Å². The lowest BCUT2D eigenvalue weighted by molar-refractivity contribution is -0.137. The SMILES string of the molecule is O=C(Nc1ccccn1)c1cccc2[nH]c(-c3cc(N4CCCC4)ccc3C(F)(F)F)nc12. The largest absolute Gasteiger partial charge is 0.417 e. The van der Waals surface area contributed by atoms with Gasteiger partial charge in [-0.1, -0.05) is 12.1 Å². The fourth-order valence-electron chi connectivity index (χ4n) is 4.11. The molecule has 3 heterocycles. The first-order valence-electron chi connectivity index (χ1n) is 10.6. The minimum Gasteiger partial charge on any atom is -0.372 e. The molecule has 1 saturated heterocycles. The minimum atomic E-state index is -4.54. The third-order valence-corrected chi connectivity index (χ3v) is 5.70. The zero-order valence-corrected chi connectivity index (χ0v) is 17.5. The Morgan fingerprint density at radius 1 is 1.03 bits per heavy atom. The standard InChI is InChI=1S/C24H20F3N5O/c25-24(26,27)18-10-9-15(32-12-3-4-13-32)14-17(18)22-29-19-7-5-6-16(21(19)31-22)23(33)30-20-8-1-2-11-28-20/h1-2,5-11,14H,3-4,12-13H2,(H,29,31)(H,28,30,33). The monoisotopic (exact) mass is 451 g/mol. The number of anilines is 2. The number of rotatable bonds is 4. The molecule has 0 saturated carbocycles. The number of nitrogens with zero attached hydrogens (tertiary/aromatic N) is 3. The number of para-hydroxylation sites is 1. The van der Waals surface area contributed by atoms with Gasteiger partial charge in [0.25, 0.3) is 5.91 Å². The number of pyridine rings is 1. The van der Waals surface area contributed by atoms with Crippen LogP contribution in [0, 0.1) is 0 Å². The Morgan fingerprint density at radius 3 is 2.58 bits per heavy atom. The molecule has 1 aliphatic rings. The van der Waals surface area contributed by atoms with Crippen LogP contribution in [0.25, 0.3) is 22.4 Å². The summed E-state index contributed by atoms with van der Waals surface area (Å²) in [6, 6.07) is 14.2. The molecule has 4 aromatic rings. The first kappa shape index (κ1) is 21.0. The van der Waals surface area contributed by atoms with E-state index in [-0.39, 0.29) is 17.0 Å². The number of carbonyl (C=O) groups excluding carboxylic acids is 1. The molecule has 0 aliphatic carbocycles. The van der Waals surface area contributed by atoms with E-state index in [1.807, 2.05) is 0 Å². The maximum atomic E-state index is 13.8. The number of alkyl halides is 3. The predicted octanol–water partition coefficient (Wildman–Crippen LogP) is 5.50. The van der Waals surface area contributed by atoms with Gasteiger partial charge in [0, 0.05) is 30.5 Å². The Bertz CT molecular complexity index is 1310. The van der Waals surface area contributed by atoms with E-state index >= 15 is 0 Å². The molecule has 33 heavy (non-hydrogen) atoms. The Kier molecular flexibility index (Phi) is 5.24. The second-order valence-corrected chi connectivity index (χ2v) is 7.88. The average molecular weight is 451 g/mol. The summed E-state index contributed by atoms with van der Waals surface area (Å²) in [5, 5.41) is 2.69.